The largest absolute Gasteiger partial charge is 0.477 e. The van der Waals surface area contributed by atoms with Crippen molar-refractivity contribution in [2.24, 2.45) is 0 Å². The zero-order valence-corrected chi connectivity index (χ0v) is 30.3. The molecule has 2 aliphatic carbocycles. The van der Waals surface area contributed by atoms with E-state index in [4.69, 9.17) is 0 Å². The van der Waals surface area contributed by atoms with E-state index in [1.807, 2.05) is 18.9 Å². The second-order valence-corrected chi connectivity index (χ2v) is 15.3. The highest BCUT2D eigenvalue weighted by Crippen LogP contribution is 2.39. The molecular weight excluding hydrogens is 698 g/mol. The molecule has 12 nitrogen and oxygen atoms in total. The van der Waals surface area contributed by atoms with Gasteiger partial charge in [-0.15, -0.1) is 0 Å². The molecule has 0 unspecified atom stereocenters. The second kappa shape index (κ2) is 14.8. The van der Waals surface area contributed by atoms with Gasteiger partial charge in [-0.25, -0.2) is 18.4 Å². The van der Waals surface area contributed by atoms with E-state index in [-0.39, 0.29) is 34.0 Å². The summed E-state index contributed by atoms with van der Waals surface area (Å²) >= 11 is 0. The van der Waals surface area contributed by atoms with E-state index in [9.17, 15) is 29.4 Å². The molecule has 14 heteroatoms. The number of hydrogen-bond acceptors (Lipinski definition) is 8. The third-order valence-electron chi connectivity index (χ3n) is 11.7. The molecule has 4 aliphatic rings. The van der Waals surface area contributed by atoms with Crippen LogP contribution in [0.1, 0.15) is 84.2 Å². The normalized spacial score (nSPS) is 18.6. The van der Waals surface area contributed by atoms with Crippen molar-refractivity contribution in [1.82, 2.24) is 18.9 Å². The molecule has 286 valence electrons. The third kappa shape index (κ3) is 7.20. The number of anilines is 2. The van der Waals surface area contributed by atoms with Crippen LogP contribution in [0.25, 0.3) is 21.8 Å². The van der Waals surface area contributed by atoms with Gasteiger partial charge < -0.3 is 29.1 Å². The van der Waals surface area contributed by atoms with Gasteiger partial charge in [0.25, 0.3) is 0 Å². The molecule has 0 atom stereocenters. The molecule has 0 spiro atoms. The summed E-state index contributed by atoms with van der Waals surface area (Å²) in [4.78, 5) is 57.9. The average molecular weight is 745 g/mol. The Morgan fingerprint density at radius 2 is 0.944 bits per heavy atom. The van der Waals surface area contributed by atoms with Gasteiger partial charge in [-0.05, 0) is 75.9 Å². The number of carbonyl (C=O) groups is 2. The van der Waals surface area contributed by atoms with Gasteiger partial charge in [-0.1, -0.05) is 12.8 Å². The first-order valence-electron chi connectivity index (χ1n) is 19.3. The maximum Gasteiger partial charge on any atom is 0.341 e. The van der Waals surface area contributed by atoms with E-state index in [1.165, 1.54) is 24.5 Å². The first-order chi connectivity index (χ1) is 26.1. The minimum atomic E-state index is -1.30. The molecule has 2 aliphatic heterocycles. The van der Waals surface area contributed by atoms with Crippen LogP contribution in [-0.4, -0.2) is 107 Å². The van der Waals surface area contributed by atoms with Gasteiger partial charge in [-0.3, -0.25) is 19.4 Å². The van der Waals surface area contributed by atoms with E-state index >= 15 is 8.78 Å². The lowest BCUT2D eigenvalue weighted by molar-refractivity contribution is 0.0684. The van der Waals surface area contributed by atoms with Gasteiger partial charge in [0.05, 0.1) is 22.4 Å². The summed E-state index contributed by atoms with van der Waals surface area (Å²) in [5.41, 5.74) is 0.146. The highest BCUT2D eigenvalue weighted by atomic mass is 19.1. The first kappa shape index (κ1) is 36.2. The summed E-state index contributed by atoms with van der Waals surface area (Å²) in [6.45, 7) is 7.90. The number of halogens is 2. The van der Waals surface area contributed by atoms with E-state index in [0.29, 0.717) is 48.6 Å². The summed E-state index contributed by atoms with van der Waals surface area (Å²) in [7, 11) is 0. The summed E-state index contributed by atoms with van der Waals surface area (Å²) < 4.78 is 34.4. The molecule has 4 aromatic rings. The molecule has 4 fully saturated rings. The fourth-order valence-electron chi connectivity index (χ4n) is 8.27. The van der Waals surface area contributed by atoms with Crippen LogP contribution >= 0.6 is 0 Å². The van der Waals surface area contributed by atoms with Crippen LogP contribution in [0.5, 0.6) is 0 Å². The zero-order chi connectivity index (χ0) is 37.7. The fourth-order valence-corrected chi connectivity index (χ4v) is 8.27. The van der Waals surface area contributed by atoms with Gasteiger partial charge >= 0.3 is 11.9 Å². The topological polar surface area (TPSA) is 132 Å². The molecule has 4 heterocycles. The van der Waals surface area contributed by atoms with Crippen molar-refractivity contribution < 1.29 is 28.6 Å². The molecule has 2 aromatic carbocycles. The second-order valence-electron chi connectivity index (χ2n) is 15.3. The van der Waals surface area contributed by atoms with Crippen LogP contribution in [0.3, 0.4) is 0 Å². The van der Waals surface area contributed by atoms with Crippen molar-refractivity contribution in [3.8, 4) is 0 Å². The van der Waals surface area contributed by atoms with Gasteiger partial charge in [0.1, 0.15) is 22.8 Å². The summed E-state index contributed by atoms with van der Waals surface area (Å²) in [5, 5.41) is 19.3. The number of fused-ring (bicyclic) bond motifs is 2. The zero-order valence-electron chi connectivity index (χ0n) is 30.3. The molecule has 2 N–H and O–H groups in total. The lowest BCUT2D eigenvalue weighted by Gasteiger charge is -2.36. The molecule has 0 radical (unpaired) electrons. The van der Waals surface area contributed by atoms with Crippen molar-refractivity contribution in [3.05, 3.63) is 79.9 Å². The smallest absolute Gasteiger partial charge is 0.341 e. The van der Waals surface area contributed by atoms with Crippen LogP contribution < -0.4 is 20.7 Å². The Balaban J connectivity index is 0.780. The Kier molecular flexibility index (Phi) is 9.90. The Labute approximate surface area is 310 Å². The Bertz CT molecular complexity index is 2080. The van der Waals surface area contributed by atoms with Crippen molar-refractivity contribution in [2.75, 3.05) is 75.2 Å². The fraction of sp³-hybridized carbons (Fsp3) is 0.500. The molecule has 2 saturated heterocycles. The van der Waals surface area contributed by atoms with Gasteiger partial charge in [-0.2, -0.15) is 0 Å². The van der Waals surface area contributed by atoms with Crippen molar-refractivity contribution in [3.63, 3.8) is 0 Å². The van der Waals surface area contributed by atoms with Crippen LogP contribution in [0, 0.1) is 11.6 Å². The van der Waals surface area contributed by atoms with E-state index in [0.717, 1.165) is 90.6 Å². The van der Waals surface area contributed by atoms with E-state index in [2.05, 4.69) is 9.80 Å². The summed E-state index contributed by atoms with van der Waals surface area (Å²) in [6, 6.07) is 6.14. The molecule has 54 heavy (non-hydrogen) atoms. The first-order valence-corrected chi connectivity index (χ1v) is 19.3. The molecular formula is C40H46F2N6O6. The van der Waals surface area contributed by atoms with Crippen molar-refractivity contribution in [2.45, 2.75) is 63.5 Å². The maximum absolute atomic E-state index is 15.4. The standard InChI is InChI=1S/C40H46F2N6O6/c41-31-19-27-33(47(25-5-6-25)23-29(37(27)49)39(51)52)21-35(31)45-15-11-43(12-16-45)9-3-1-2-4-10-44-13-17-46(18-14-44)36-22-34-28(20-32(36)42)38(50)30(40(53)54)24-48(34)26-7-8-26/h19-26H,1-18H2,(H,51,52)(H,53,54). The number of aromatic nitrogens is 2. The SMILES string of the molecule is O=C(O)c1cn(C2CC2)c2cc(N3CCN(CCCCCCN4CCN(c5cc6c(cc5F)c(=O)c(C(=O)O)cn6C5CC5)CC4)CC3)c(F)cc2c1=O. The summed E-state index contributed by atoms with van der Waals surface area (Å²) in [6.07, 6.45) is 10.8. The minimum Gasteiger partial charge on any atom is -0.477 e. The Morgan fingerprint density at radius 1 is 0.574 bits per heavy atom. The molecule has 0 bridgehead atoms. The van der Waals surface area contributed by atoms with Crippen molar-refractivity contribution >= 4 is 45.1 Å². The van der Waals surface area contributed by atoms with Crippen LogP contribution in [0.15, 0.2) is 46.2 Å². The third-order valence-corrected chi connectivity index (χ3v) is 11.7. The monoisotopic (exact) mass is 744 g/mol. The number of rotatable bonds is 13. The lowest BCUT2D eigenvalue weighted by atomic mass is 10.1. The predicted molar refractivity (Wildman–Crippen MR) is 203 cm³/mol. The van der Waals surface area contributed by atoms with Gasteiger partial charge in [0.15, 0.2) is 0 Å². The van der Waals surface area contributed by atoms with Crippen molar-refractivity contribution in [1.29, 1.82) is 0 Å². The van der Waals surface area contributed by atoms with Gasteiger partial charge in [0, 0.05) is 87.6 Å². The molecule has 8 rings (SSSR count). The summed E-state index contributed by atoms with van der Waals surface area (Å²) in [5.74, 6) is -3.60. The van der Waals surface area contributed by atoms with E-state index in [1.54, 1.807) is 12.1 Å². The number of nitrogens with zero attached hydrogens (tertiary/aromatic N) is 6. The van der Waals surface area contributed by atoms with Crippen LogP contribution in [0.4, 0.5) is 20.2 Å². The molecule has 2 saturated carbocycles. The minimum absolute atomic E-state index is 0.113. The number of aromatic carboxylic acids is 2. The Morgan fingerprint density at radius 3 is 1.28 bits per heavy atom. The van der Waals surface area contributed by atoms with E-state index < -0.39 is 34.4 Å². The number of pyridine rings is 2. The highest BCUT2D eigenvalue weighted by molar-refractivity contribution is 5.94. The van der Waals surface area contributed by atoms with Crippen LogP contribution in [-0.2, 0) is 0 Å². The average Bonchev–Trinajstić information content (AvgIpc) is 4.09. The Hall–Kier alpha value is -4.82. The number of hydrogen-bond donors (Lipinski definition) is 2. The lowest BCUT2D eigenvalue weighted by Crippen LogP contribution is -2.47. The predicted octanol–water partition coefficient (Wildman–Crippen LogP) is 5.17. The number of carboxylic acid groups (broad SMARTS) is 2. The number of piperazine rings is 2. The molecule has 0 amide bonds. The quantitative estimate of drug-likeness (QED) is 0.177. The number of unbranched alkanes of at least 4 members (excludes halogenated alkanes) is 3. The number of benzene rings is 2. The van der Waals surface area contributed by atoms with Crippen LogP contribution in [0.2, 0.25) is 0 Å². The number of carboxylic acids is 2. The molecule has 2 aromatic heterocycles. The highest BCUT2D eigenvalue weighted by Gasteiger charge is 2.30. The van der Waals surface area contributed by atoms with Gasteiger partial charge in [0.2, 0.25) is 10.9 Å². The maximum atomic E-state index is 15.4.